The molecular formula is C22H28BrN3O4S. The van der Waals surface area contributed by atoms with Gasteiger partial charge in [0.15, 0.2) is 0 Å². The van der Waals surface area contributed by atoms with E-state index in [1.54, 1.807) is 18.2 Å². The highest BCUT2D eigenvalue weighted by molar-refractivity contribution is 9.10. The minimum Gasteiger partial charge on any atom is -0.396 e. The van der Waals surface area contributed by atoms with Crippen molar-refractivity contribution < 1.29 is 18.3 Å². The fourth-order valence-electron chi connectivity index (χ4n) is 3.92. The fraction of sp³-hybridized carbons (Fsp3) is 0.409. The quantitative estimate of drug-likeness (QED) is 0.469. The number of unbranched alkanes of at least 4 members (excludes halogenated alkanes) is 1. The molecule has 2 aromatic carbocycles. The van der Waals surface area contributed by atoms with Gasteiger partial charge in [-0.1, -0.05) is 34.8 Å². The number of benzene rings is 2. The van der Waals surface area contributed by atoms with Gasteiger partial charge in [0, 0.05) is 29.9 Å². The summed E-state index contributed by atoms with van der Waals surface area (Å²) in [6.07, 6.45) is 5.12. The van der Waals surface area contributed by atoms with Crippen LogP contribution in [-0.4, -0.2) is 39.1 Å². The number of hydrogen-bond donors (Lipinski definition) is 3. The van der Waals surface area contributed by atoms with Crippen molar-refractivity contribution >= 4 is 43.2 Å². The van der Waals surface area contributed by atoms with E-state index in [0.29, 0.717) is 17.2 Å². The Bertz CT molecular complexity index is 1020. The largest absolute Gasteiger partial charge is 0.396 e. The maximum Gasteiger partial charge on any atom is 0.257 e. The number of aliphatic hydroxyl groups is 1. The molecule has 1 fully saturated rings. The number of piperidine rings is 1. The molecular weight excluding hydrogens is 482 g/mol. The summed E-state index contributed by atoms with van der Waals surface area (Å²) in [5.74, 6) is 0.340. The molecule has 1 heterocycles. The first-order valence-electron chi connectivity index (χ1n) is 10.4. The average molecular weight is 510 g/mol. The van der Waals surface area contributed by atoms with Gasteiger partial charge in [-0.2, -0.15) is 0 Å². The summed E-state index contributed by atoms with van der Waals surface area (Å²) in [5, 5.41) is 16.9. The normalized spacial score (nSPS) is 15.1. The third kappa shape index (κ3) is 6.52. The molecule has 0 aromatic heterocycles. The molecule has 0 bridgehead atoms. The first-order valence-corrected chi connectivity index (χ1v) is 12.7. The van der Waals surface area contributed by atoms with Crippen molar-refractivity contribution in [1.82, 2.24) is 0 Å². The Morgan fingerprint density at radius 1 is 1.16 bits per heavy atom. The molecule has 4 N–H and O–H groups in total. The highest BCUT2D eigenvalue weighted by atomic mass is 79.9. The van der Waals surface area contributed by atoms with Crippen LogP contribution in [0.1, 0.15) is 42.5 Å². The molecule has 1 saturated heterocycles. The lowest BCUT2D eigenvalue weighted by atomic mass is 9.91. The minimum atomic E-state index is -3.85. The summed E-state index contributed by atoms with van der Waals surface area (Å²) < 4.78 is 24.1. The van der Waals surface area contributed by atoms with Crippen molar-refractivity contribution in [2.24, 2.45) is 11.1 Å². The van der Waals surface area contributed by atoms with Gasteiger partial charge in [0.1, 0.15) is 0 Å². The van der Waals surface area contributed by atoms with Crippen molar-refractivity contribution in [1.29, 1.82) is 0 Å². The average Bonchev–Trinajstić information content (AvgIpc) is 2.74. The van der Waals surface area contributed by atoms with Gasteiger partial charge in [0.05, 0.1) is 16.1 Å². The SMILES string of the molecule is NS(=O)(=O)c1cccc(NC(=O)c2ccc(Br)cc2N2CCC(CCCCO)CC2)c1. The molecule has 0 saturated carbocycles. The number of sulfonamides is 1. The first kappa shape index (κ1) is 23.7. The summed E-state index contributed by atoms with van der Waals surface area (Å²) in [6, 6.07) is 11.4. The monoisotopic (exact) mass is 509 g/mol. The number of nitrogens with two attached hydrogens (primary N) is 1. The van der Waals surface area contributed by atoms with Crippen LogP contribution in [0.15, 0.2) is 51.8 Å². The molecule has 1 amide bonds. The number of hydrogen-bond acceptors (Lipinski definition) is 5. The predicted octanol–water partition coefficient (Wildman–Crippen LogP) is 3.73. The maximum atomic E-state index is 13.0. The number of rotatable bonds is 8. The van der Waals surface area contributed by atoms with Gasteiger partial charge >= 0.3 is 0 Å². The molecule has 7 nitrogen and oxygen atoms in total. The molecule has 0 atom stereocenters. The predicted molar refractivity (Wildman–Crippen MR) is 126 cm³/mol. The number of aliphatic hydroxyl groups excluding tert-OH is 1. The lowest BCUT2D eigenvalue weighted by molar-refractivity contribution is 0.102. The summed E-state index contributed by atoms with van der Waals surface area (Å²) >= 11 is 3.50. The standard InChI is InChI=1S/C22H28BrN3O4S/c23-17-7-8-20(22(28)25-18-5-3-6-19(15-18)31(24,29)30)21(14-17)26-11-9-16(10-12-26)4-1-2-13-27/h3,5-8,14-16,27H,1-2,4,9-13H2,(H,25,28)(H2,24,29,30). The van der Waals surface area contributed by atoms with E-state index >= 15 is 0 Å². The summed E-state index contributed by atoms with van der Waals surface area (Å²) in [7, 11) is -3.85. The molecule has 168 valence electrons. The van der Waals surface area contributed by atoms with Gasteiger partial charge in [-0.15, -0.1) is 0 Å². The van der Waals surface area contributed by atoms with Crippen LogP contribution in [0.3, 0.4) is 0 Å². The molecule has 3 rings (SSSR count). The zero-order valence-corrected chi connectivity index (χ0v) is 19.7. The number of carbonyl (C=O) groups is 1. The van der Waals surface area contributed by atoms with Gasteiger partial charge in [-0.05, 0) is 61.6 Å². The highest BCUT2D eigenvalue weighted by Gasteiger charge is 2.23. The number of nitrogens with zero attached hydrogens (tertiary/aromatic N) is 1. The second kappa shape index (κ2) is 10.6. The smallest absolute Gasteiger partial charge is 0.257 e. The Kier molecular flexibility index (Phi) is 8.10. The number of primary sulfonamides is 1. The Morgan fingerprint density at radius 3 is 2.58 bits per heavy atom. The van der Waals surface area contributed by atoms with Crippen molar-refractivity contribution in [3.63, 3.8) is 0 Å². The summed E-state index contributed by atoms with van der Waals surface area (Å²) in [4.78, 5) is 15.2. The Labute approximate surface area is 191 Å². The van der Waals surface area contributed by atoms with Crippen LogP contribution in [0, 0.1) is 5.92 Å². The zero-order chi connectivity index (χ0) is 22.4. The lowest BCUT2D eigenvalue weighted by Gasteiger charge is -2.34. The fourth-order valence-corrected chi connectivity index (χ4v) is 4.82. The number of nitrogens with one attached hydrogen (secondary N) is 1. The van der Waals surface area contributed by atoms with Crippen LogP contribution < -0.4 is 15.4 Å². The molecule has 0 unspecified atom stereocenters. The Hall–Kier alpha value is -1.94. The van der Waals surface area contributed by atoms with E-state index in [-0.39, 0.29) is 17.4 Å². The van der Waals surface area contributed by atoms with E-state index in [1.165, 1.54) is 12.1 Å². The molecule has 0 radical (unpaired) electrons. The number of anilines is 2. The van der Waals surface area contributed by atoms with E-state index in [1.807, 2.05) is 12.1 Å². The Balaban J connectivity index is 1.74. The van der Waals surface area contributed by atoms with Crippen LogP contribution >= 0.6 is 15.9 Å². The maximum absolute atomic E-state index is 13.0. The van der Waals surface area contributed by atoms with Gasteiger partial charge in [-0.25, -0.2) is 13.6 Å². The first-order chi connectivity index (χ1) is 14.8. The molecule has 0 spiro atoms. The van der Waals surface area contributed by atoms with Crippen molar-refractivity contribution in [3.05, 3.63) is 52.5 Å². The summed E-state index contributed by atoms with van der Waals surface area (Å²) in [5.41, 5.74) is 1.75. The van der Waals surface area contributed by atoms with E-state index < -0.39 is 10.0 Å². The molecule has 1 aliphatic heterocycles. The van der Waals surface area contributed by atoms with Crippen LogP contribution in [0.25, 0.3) is 0 Å². The van der Waals surface area contributed by atoms with Gasteiger partial charge in [0.25, 0.3) is 5.91 Å². The van der Waals surface area contributed by atoms with E-state index in [0.717, 1.165) is 55.4 Å². The van der Waals surface area contributed by atoms with E-state index in [4.69, 9.17) is 10.2 Å². The van der Waals surface area contributed by atoms with E-state index in [2.05, 4.69) is 26.1 Å². The second-order valence-electron chi connectivity index (χ2n) is 7.84. The number of amides is 1. The topological polar surface area (TPSA) is 113 Å². The van der Waals surface area contributed by atoms with Crippen LogP contribution in [0.2, 0.25) is 0 Å². The van der Waals surface area contributed by atoms with Crippen molar-refractivity contribution in [3.8, 4) is 0 Å². The van der Waals surface area contributed by atoms with Crippen LogP contribution in [0.5, 0.6) is 0 Å². The van der Waals surface area contributed by atoms with Gasteiger partial charge in [-0.3, -0.25) is 4.79 Å². The van der Waals surface area contributed by atoms with Gasteiger partial charge in [0.2, 0.25) is 10.0 Å². The third-order valence-corrected chi connectivity index (χ3v) is 7.00. The molecule has 1 aliphatic rings. The van der Waals surface area contributed by atoms with Crippen LogP contribution in [-0.2, 0) is 10.0 Å². The second-order valence-corrected chi connectivity index (χ2v) is 10.3. The zero-order valence-electron chi connectivity index (χ0n) is 17.3. The molecule has 2 aromatic rings. The summed E-state index contributed by atoms with van der Waals surface area (Å²) in [6.45, 7) is 1.97. The minimum absolute atomic E-state index is 0.0513. The molecule has 0 aliphatic carbocycles. The Morgan fingerprint density at radius 2 is 1.90 bits per heavy atom. The van der Waals surface area contributed by atoms with Crippen molar-refractivity contribution in [2.45, 2.75) is 37.0 Å². The van der Waals surface area contributed by atoms with E-state index in [9.17, 15) is 13.2 Å². The van der Waals surface area contributed by atoms with Gasteiger partial charge < -0.3 is 15.3 Å². The molecule has 31 heavy (non-hydrogen) atoms. The molecule has 9 heteroatoms. The number of halogens is 1. The highest BCUT2D eigenvalue weighted by Crippen LogP contribution is 2.31. The number of carbonyl (C=O) groups excluding carboxylic acids is 1. The third-order valence-electron chi connectivity index (χ3n) is 5.60. The lowest BCUT2D eigenvalue weighted by Crippen LogP contribution is -2.35. The van der Waals surface area contributed by atoms with Crippen LogP contribution in [0.4, 0.5) is 11.4 Å². The van der Waals surface area contributed by atoms with Crippen molar-refractivity contribution in [2.75, 3.05) is 29.9 Å².